The van der Waals surface area contributed by atoms with Crippen LogP contribution >= 0.6 is 0 Å². The van der Waals surface area contributed by atoms with Gasteiger partial charge in [0.05, 0.1) is 13.2 Å². The van der Waals surface area contributed by atoms with Crippen molar-refractivity contribution in [3.05, 3.63) is 0 Å². The topological polar surface area (TPSA) is 52.6 Å². The largest absolute Gasteiger partial charge is 0.465 e. The van der Waals surface area contributed by atoms with E-state index in [0.29, 0.717) is 37.4 Å². The number of carbonyl (C=O) groups is 2. The second kappa shape index (κ2) is 8.28. The van der Waals surface area contributed by atoms with Crippen molar-refractivity contribution in [1.82, 2.24) is 0 Å². The number of hydrogen-bond donors (Lipinski definition) is 0. The van der Waals surface area contributed by atoms with Crippen LogP contribution in [0.5, 0.6) is 0 Å². The monoisotopic (exact) mass is 284 g/mol. The maximum atomic E-state index is 11.9. The molecule has 116 valence electrons. The molecule has 0 spiro atoms. The first-order chi connectivity index (χ1) is 9.49. The van der Waals surface area contributed by atoms with E-state index < -0.39 is 17.9 Å². The van der Waals surface area contributed by atoms with Gasteiger partial charge in [0.2, 0.25) is 0 Å². The van der Waals surface area contributed by atoms with E-state index in [1.807, 2.05) is 0 Å². The van der Waals surface area contributed by atoms with Gasteiger partial charge in [-0.2, -0.15) is 0 Å². The highest BCUT2D eigenvalue weighted by atomic mass is 16.6. The summed E-state index contributed by atoms with van der Waals surface area (Å²) in [6.45, 7) is 8.53. The molecule has 20 heavy (non-hydrogen) atoms. The van der Waals surface area contributed by atoms with Crippen LogP contribution in [0.25, 0.3) is 0 Å². The summed E-state index contributed by atoms with van der Waals surface area (Å²) in [5.74, 6) is 0.154. The van der Waals surface area contributed by atoms with Gasteiger partial charge < -0.3 is 9.47 Å². The second-order valence-corrected chi connectivity index (χ2v) is 6.02. The first-order valence-corrected chi connectivity index (χ1v) is 7.82. The van der Waals surface area contributed by atoms with Gasteiger partial charge in [0.25, 0.3) is 0 Å². The summed E-state index contributed by atoms with van der Waals surface area (Å²) in [6, 6.07) is 0. The summed E-state index contributed by atoms with van der Waals surface area (Å²) in [7, 11) is 0. The molecule has 0 N–H and O–H groups in total. The molecule has 1 aliphatic rings. The first kappa shape index (κ1) is 17.0. The Kier molecular flexibility index (Phi) is 7.03. The SMILES string of the molecule is CCOC(=O)C(CC1CCC1CC(C)C)C(=O)OCC. The number of hydrogen-bond acceptors (Lipinski definition) is 4. The van der Waals surface area contributed by atoms with Crippen LogP contribution in [0.4, 0.5) is 0 Å². The number of carbonyl (C=O) groups excluding carboxylic acids is 2. The van der Waals surface area contributed by atoms with Crippen LogP contribution in [0.1, 0.15) is 53.4 Å². The highest BCUT2D eigenvalue weighted by molar-refractivity contribution is 5.94. The number of esters is 2. The third-order valence-corrected chi connectivity index (χ3v) is 4.03. The van der Waals surface area contributed by atoms with Gasteiger partial charge in [-0.15, -0.1) is 0 Å². The minimum Gasteiger partial charge on any atom is -0.465 e. The molecule has 1 aliphatic carbocycles. The summed E-state index contributed by atoms with van der Waals surface area (Å²) in [4.78, 5) is 23.9. The van der Waals surface area contributed by atoms with E-state index in [0.717, 1.165) is 6.42 Å². The Morgan fingerprint density at radius 1 is 0.950 bits per heavy atom. The normalized spacial score (nSPS) is 21.7. The summed E-state index contributed by atoms with van der Waals surface area (Å²) >= 11 is 0. The lowest BCUT2D eigenvalue weighted by molar-refractivity contribution is -0.163. The predicted octanol–water partition coefficient (Wildman–Crippen LogP) is 3.19. The van der Waals surface area contributed by atoms with Gasteiger partial charge >= 0.3 is 11.9 Å². The van der Waals surface area contributed by atoms with Crippen LogP contribution in [0.15, 0.2) is 0 Å². The molecule has 0 heterocycles. The predicted molar refractivity (Wildman–Crippen MR) is 77.0 cm³/mol. The molecule has 2 atom stereocenters. The molecular formula is C16H28O4. The average Bonchev–Trinajstić information content (AvgIpc) is 2.35. The van der Waals surface area contributed by atoms with E-state index in [1.54, 1.807) is 13.8 Å². The van der Waals surface area contributed by atoms with Gasteiger partial charge in [-0.3, -0.25) is 9.59 Å². The van der Waals surface area contributed by atoms with Gasteiger partial charge in [0.1, 0.15) is 0 Å². The van der Waals surface area contributed by atoms with Crippen LogP contribution in [0, 0.1) is 23.7 Å². The Balaban J connectivity index is 2.60. The lowest BCUT2D eigenvalue weighted by Crippen LogP contribution is -2.35. The maximum absolute atomic E-state index is 11.9. The smallest absolute Gasteiger partial charge is 0.320 e. The Morgan fingerprint density at radius 3 is 1.75 bits per heavy atom. The van der Waals surface area contributed by atoms with Crippen LogP contribution in [0.2, 0.25) is 0 Å². The minimum atomic E-state index is -0.741. The lowest BCUT2D eigenvalue weighted by atomic mass is 9.67. The summed E-state index contributed by atoms with van der Waals surface area (Å²) in [5, 5.41) is 0. The first-order valence-electron chi connectivity index (χ1n) is 7.82. The molecule has 1 fully saturated rings. The molecule has 0 aromatic carbocycles. The van der Waals surface area contributed by atoms with Crippen LogP contribution in [0.3, 0.4) is 0 Å². The Hall–Kier alpha value is -1.06. The van der Waals surface area contributed by atoms with Crippen molar-refractivity contribution < 1.29 is 19.1 Å². The summed E-state index contributed by atoms with van der Waals surface area (Å²) in [5.41, 5.74) is 0. The zero-order chi connectivity index (χ0) is 15.1. The molecule has 0 aromatic heterocycles. The lowest BCUT2D eigenvalue weighted by Gasteiger charge is -2.39. The van der Waals surface area contributed by atoms with E-state index in [9.17, 15) is 9.59 Å². The molecule has 0 aliphatic heterocycles. The van der Waals surface area contributed by atoms with Gasteiger partial charge in [0.15, 0.2) is 5.92 Å². The fourth-order valence-corrected chi connectivity index (χ4v) is 2.94. The molecule has 1 saturated carbocycles. The van der Waals surface area contributed by atoms with Crippen molar-refractivity contribution >= 4 is 11.9 Å². The van der Waals surface area contributed by atoms with Gasteiger partial charge in [0, 0.05) is 0 Å². The van der Waals surface area contributed by atoms with Crippen LogP contribution < -0.4 is 0 Å². The Bertz CT molecular complexity index is 306. The van der Waals surface area contributed by atoms with Crippen molar-refractivity contribution in [2.45, 2.75) is 53.4 Å². The van der Waals surface area contributed by atoms with Crippen molar-refractivity contribution in [2.24, 2.45) is 23.7 Å². The van der Waals surface area contributed by atoms with Crippen molar-refractivity contribution in [3.8, 4) is 0 Å². The molecule has 0 bridgehead atoms. The molecular weight excluding hydrogens is 256 g/mol. The van der Waals surface area contributed by atoms with E-state index in [1.165, 1.54) is 12.8 Å². The molecule has 0 saturated heterocycles. The van der Waals surface area contributed by atoms with Crippen LogP contribution in [-0.4, -0.2) is 25.2 Å². The zero-order valence-corrected chi connectivity index (χ0v) is 13.2. The zero-order valence-electron chi connectivity index (χ0n) is 13.2. The van der Waals surface area contributed by atoms with Crippen molar-refractivity contribution in [3.63, 3.8) is 0 Å². The van der Waals surface area contributed by atoms with Crippen LogP contribution in [-0.2, 0) is 19.1 Å². The van der Waals surface area contributed by atoms with E-state index >= 15 is 0 Å². The molecule has 0 amide bonds. The average molecular weight is 284 g/mol. The third-order valence-electron chi connectivity index (χ3n) is 4.03. The quantitative estimate of drug-likeness (QED) is 0.507. The van der Waals surface area contributed by atoms with E-state index in [-0.39, 0.29) is 0 Å². The van der Waals surface area contributed by atoms with Gasteiger partial charge in [-0.05, 0) is 57.3 Å². The fraction of sp³-hybridized carbons (Fsp3) is 0.875. The number of rotatable bonds is 8. The molecule has 2 unspecified atom stereocenters. The number of ether oxygens (including phenoxy) is 2. The van der Waals surface area contributed by atoms with Crippen molar-refractivity contribution in [1.29, 1.82) is 0 Å². The second-order valence-electron chi connectivity index (χ2n) is 6.02. The molecule has 4 nitrogen and oxygen atoms in total. The molecule has 4 heteroatoms. The van der Waals surface area contributed by atoms with E-state index in [4.69, 9.17) is 9.47 Å². The van der Waals surface area contributed by atoms with Gasteiger partial charge in [-0.1, -0.05) is 13.8 Å². The summed E-state index contributed by atoms with van der Waals surface area (Å²) in [6.07, 6.45) is 4.06. The highest BCUT2D eigenvalue weighted by Crippen LogP contribution is 2.42. The summed E-state index contributed by atoms with van der Waals surface area (Å²) < 4.78 is 10.0. The maximum Gasteiger partial charge on any atom is 0.320 e. The highest BCUT2D eigenvalue weighted by Gasteiger charge is 2.38. The van der Waals surface area contributed by atoms with Gasteiger partial charge in [-0.25, -0.2) is 0 Å². The third kappa shape index (κ3) is 4.80. The minimum absolute atomic E-state index is 0.300. The van der Waals surface area contributed by atoms with Crippen molar-refractivity contribution in [2.75, 3.05) is 13.2 Å². The van der Waals surface area contributed by atoms with E-state index in [2.05, 4.69) is 13.8 Å². The Morgan fingerprint density at radius 2 is 1.40 bits per heavy atom. The molecule has 0 aromatic rings. The molecule has 1 rings (SSSR count). The molecule has 0 radical (unpaired) electrons. The standard InChI is InChI=1S/C16H28O4/c1-5-19-15(17)14(16(18)20-6-2)10-13-8-7-12(13)9-11(3)4/h11-14H,5-10H2,1-4H3. The Labute approximate surface area is 122 Å². The fourth-order valence-electron chi connectivity index (χ4n) is 2.94.